The Kier molecular flexibility index (Phi) is 5.19. The van der Waals surface area contributed by atoms with E-state index in [1.807, 2.05) is 36.1 Å². The third-order valence-electron chi connectivity index (χ3n) is 6.27. The van der Waals surface area contributed by atoms with E-state index in [0.29, 0.717) is 42.4 Å². The second-order valence-corrected chi connectivity index (χ2v) is 8.39. The highest BCUT2D eigenvalue weighted by Crippen LogP contribution is 2.22. The smallest absolute Gasteiger partial charge is 0.279 e. The maximum absolute atomic E-state index is 13.4. The fourth-order valence-electron chi connectivity index (χ4n) is 4.66. The van der Waals surface area contributed by atoms with Crippen molar-refractivity contribution >= 4 is 28.8 Å². The molecule has 2 aromatic heterocycles. The molecule has 0 spiro atoms. The zero-order valence-electron chi connectivity index (χ0n) is 17.5. The molecule has 0 bridgehead atoms. The monoisotopic (exact) mass is 440 g/mol. The van der Waals surface area contributed by atoms with E-state index in [4.69, 9.17) is 11.6 Å². The molecule has 5 rings (SSSR count). The molecule has 3 aromatic rings. The van der Waals surface area contributed by atoms with E-state index in [-0.39, 0.29) is 11.5 Å². The number of nitrogens with one attached hydrogen (secondary N) is 1. The first-order chi connectivity index (χ1) is 15.1. The van der Waals surface area contributed by atoms with Gasteiger partial charge in [0.15, 0.2) is 5.65 Å². The lowest BCUT2D eigenvalue weighted by Crippen LogP contribution is -2.49. The van der Waals surface area contributed by atoms with Crippen molar-refractivity contribution in [2.24, 2.45) is 0 Å². The van der Waals surface area contributed by atoms with Gasteiger partial charge in [-0.05, 0) is 31.2 Å². The van der Waals surface area contributed by atoms with E-state index < -0.39 is 0 Å². The van der Waals surface area contributed by atoms with E-state index >= 15 is 0 Å². The zero-order chi connectivity index (χ0) is 21.5. The van der Waals surface area contributed by atoms with Gasteiger partial charge in [-0.15, -0.1) is 0 Å². The van der Waals surface area contributed by atoms with Gasteiger partial charge in [-0.1, -0.05) is 11.6 Å². The van der Waals surface area contributed by atoms with Gasteiger partial charge in [-0.25, -0.2) is 0 Å². The van der Waals surface area contributed by atoms with E-state index in [1.165, 1.54) is 4.52 Å². The SMILES string of the molecule is CCn1c2c(c(=O)n3ncc(C(=O)N4CCN(c5ccc(Cl)cc5)CC4)c13)CNCC2. The maximum atomic E-state index is 13.4. The lowest BCUT2D eigenvalue weighted by Gasteiger charge is -2.36. The van der Waals surface area contributed by atoms with Crippen LogP contribution in [-0.4, -0.2) is 57.7 Å². The number of carbonyl (C=O) groups is 1. The van der Waals surface area contributed by atoms with Crippen molar-refractivity contribution < 1.29 is 4.79 Å². The van der Waals surface area contributed by atoms with Gasteiger partial charge in [0.05, 0.1) is 11.8 Å². The van der Waals surface area contributed by atoms with Crippen molar-refractivity contribution in [1.29, 1.82) is 0 Å². The van der Waals surface area contributed by atoms with Gasteiger partial charge >= 0.3 is 0 Å². The minimum Gasteiger partial charge on any atom is -0.368 e. The number of hydrogen-bond acceptors (Lipinski definition) is 5. The number of halogens is 1. The first-order valence-corrected chi connectivity index (χ1v) is 11.1. The summed E-state index contributed by atoms with van der Waals surface area (Å²) in [5.74, 6) is -0.0683. The van der Waals surface area contributed by atoms with Crippen LogP contribution in [0.2, 0.25) is 5.02 Å². The summed E-state index contributed by atoms with van der Waals surface area (Å²) in [6.07, 6.45) is 2.32. The molecule has 1 amide bonds. The van der Waals surface area contributed by atoms with E-state index in [2.05, 4.69) is 19.9 Å². The van der Waals surface area contributed by atoms with Gasteiger partial charge in [0.25, 0.3) is 11.5 Å². The normalized spacial score (nSPS) is 16.6. The van der Waals surface area contributed by atoms with Crippen molar-refractivity contribution in [3.05, 3.63) is 62.7 Å². The molecule has 1 fully saturated rings. The zero-order valence-corrected chi connectivity index (χ0v) is 18.2. The quantitative estimate of drug-likeness (QED) is 0.672. The number of nitrogens with zero attached hydrogens (tertiary/aromatic N) is 5. The summed E-state index contributed by atoms with van der Waals surface area (Å²) >= 11 is 5.99. The van der Waals surface area contributed by atoms with Crippen molar-refractivity contribution in [3.63, 3.8) is 0 Å². The molecule has 4 heterocycles. The Labute approximate surface area is 185 Å². The number of benzene rings is 1. The molecular formula is C22H25ClN6O2. The lowest BCUT2D eigenvalue weighted by molar-refractivity contribution is 0.0748. The van der Waals surface area contributed by atoms with Crippen LogP contribution in [0, 0.1) is 0 Å². The second kappa shape index (κ2) is 8.01. The minimum atomic E-state index is -0.131. The third kappa shape index (κ3) is 3.40. The van der Waals surface area contributed by atoms with Crippen molar-refractivity contribution in [1.82, 2.24) is 24.4 Å². The Hall–Kier alpha value is -2.84. The molecule has 162 valence electrons. The number of rotatable bonds is 3. The molecule has 1 saturated heterocycles. The molecule has 0 saturated carbocycles. The Morgan fingerprint density at radius 2 is 1.90 bits per heavy atom. The van der Waals surface area contributed by atoms with Crippen molar-refractivity contribution in [2.45, 2.75) is 26.4 Å². The molecule has 1 aromatic carbocycles. The van der Waals surface area contributed by atoms with Gasteiger partial charge in [-0.3, -0.25) is 9.59 Å². The Bertz CT molecular complexity index is 1190. The molecule has 9 heteroatoms. The van der Waals surface area contributed by atoms with Gasteiger partial charge < -0.3 is 19.7 Å². The average molecular weight is 441 g/mol. The summed E-state index contributed by atoms with van der Waals surface area (Å²) in [6.45, 7) is 6.81. The maximum Gasteiger partial charge on any atom is 0.279 e. The summed E-state index contributed by atoms with van der Waals surface area (Å²) in [5.41, 5.74) is 3.85. The highest BCUT2D eigenvalue weighted by Gasteiger charge is 2.28. The number of amides is 1. The summed E-state index contributed by atoms with van der Waals surface area (Å²) in [6, 6.07) is 7.77. The summed E-state index contributed by atoms with van der Waals surface area (Å²) < 4.78 is 3.48. The molecule has 0 aliphatic carbocycles. The second-order valence-electron chi connectivity index (χ2n) is 7.95. The summed E-state index contributed by atoms with van der Waals surface area (Å²) in [5, 5.41) is 8.28. The first-order valence-electron chi connectivity index (χ1n) is 10.7. The van der Waals surface area contributed by atoms with Crippen LogP contribution >= 0.6 is 11.6 Å². The number of fused-ring (bicyclic) bond motifs is 2. The number of hydrogen-bond donors (Lipinski definition) is 1. The highest BCUT2D eigenvalue weighted by molar-refractivity contribution is 6.30. The van der Waals surface area contributed by atoms with Gasteiger partial charge in [0.2, 0.25) is 0 Å². The molecule has 31 heavy (non-hydrogen) atoms. The third-order valence-corrected chi connectivity index (χ3v) is 6.52. The molecule has 1 N–H and O–H groups in total. The highest BCUT2D eigenvalue weighted by atomic mass is 35.5. The van der Waals surface area contributed by atoms with Crippen LogP contribution in [0.5, 0.6) is 0 Å². The molecule has 0 atom stereocenters. The minimum absolute atomic E-state index is 0.0683. The van der Waals surface area contributed by atoms with Gasteiger partial charge in [0, 0.05) is 68.6 Å². The first kappa shape index (κ1) is 20.1. The molecule has 8 nitrogen and oxygen atoms in total. The fraction of sp³-hybridized carbons (Fsp3) is 0.409. The fourth-order valence-corrected chi connectivity index (χ4v) is 4.78. The van der Waals surface area contributed by atoms with Crippen LogP contribution in [0.25, 0.3) is 5.65 Å². The van der Waals surface area contributed by atoms with Crippen LogP contribution in [0.4, 0.5) is 5.69 Å². The van der Waals surface area contributed by atoms with Crippen LogP contribution in [0.1, 0.15) is 28.5 Å². The molecule has 0 unspecified atom stereocenters. The molecular weight excluding hydrogens is 416 g/mol. The van der Waals surface area contributed by atoms with Crippen molar-refractivity contribution in [2.75, 3.05) is 37.6 Å². The average Bonchev–Trinajstić information content (AvgIpc) is 3.25. The predicted molar refractivity (Wildman–Crippen MR) is 120 cm³/mol. The predicted octanol–water partition coefficient (Wildman–Crippen LogP) is 1.78. The van der Waals surface area contributed by atoms with Crippen LogP contribution in [-0.2, 0) is 19.5 Å². The van der Waals surface area contributed by atoms with Gasteiger partial charge in [0.1, 0.15) is 5.56 Å². The van der Waals surface area contributed by atoms with Crippen LogP contribution in [0.15, 0.2) is 35.3 Å². The van der Waals surface area contributed by atoms with Crippen LogP contribution in [0.3, 0.4) is 0 Å². The van der Waals surface area contributed by atoms with Gasteiger partial charge in [-0.2, -0.15) is 9.61 Å². The number of aryl methyl sites for hydroxylation is 1. The standard InChI is InChI=1S/C22H25ClN6O2/c1-2-28-19-7-8-24-13-17(19)22(31)29-20(28)18(14-25-29)21(30)27-11-9-26(10-12-27)16-5-3-15(23)4-6-16/h3-6,14,24H,2,7-13H2,1H3. The molecule has 0 radical (unpaired) electrons. The Balaban J connectivity index is 1.44. The molecule has 2 aliphatic heterocycles. The topological polar surface area (TPSA) is 74.9 Å². The van der Waals surface area contributed by atoms with E-state index in [1.54, 1.807) is 6.20 Å². The number of carbonyl (C=O) groups excluding carboxylic acids is 1. The number of anilines is 1. The summed E-state index contributed by atoms with van der Waals surface area (Å²) in [4.78, 5) is 30.5. The summed E-state index contributed by atoms with van der Waals surface area (Å²) in [7, 11) is 0. The Morgan fingerprint density at radius 1 is 1.16 bits per heavy atom. The lowest BCUT2D eigenvalue weighted by atomic mass is 10.1. The van der Waals surface area contributed by atoms with Crippen LogP contribution < -0.4 is 15.8 Å². The number of aromatic nitrogens is 3. The van der Waals surface area contributed by atoms with Crippen molar-refractivity contribution in [3.8, 4) is 0 Å². The molecule has 2 aliphatic rings. The van der Waals surface area contributed by atoms with E-state index in [9.17, 15) is 9.59 Å². The number of piperazine rings is 1. The van der Waals surface area contributed by atoms with E-state index in [0.717, 1.165) is 43.0 Å². The largest absolute Gasteiger partial charge is 0.368 e. The Morgan fingerprint density at radius 3 is 2.61 bits per heavy atom.